The SMILES string of the molecule is O=CN(CC1CCCCCC1)CC1CCCCC1. The molecular formula is C16H29NO. The Morgan fingerprint density at radius 1 is 0.722 bits per heavy atom. The highest BCUT2D eigenvalue weighted by Gasteiger charge is 2.19. The van der Waals surface area contributed by atoms with Crippen molar-refractivity contribution in [1.29, 1.82) is 0 Å². The first-order valence-corrected chi connectivity index (χ1v) is 8.08. The Kier molecular flexibility index (Phi) is 6.02. The summed E-state index contributed by atoms with van der Waals surface area (Å²) in [5.74, 6) is 1.57. The molecule has 0 aliphatic heterocycles. The van der Waals surface area contributed by atoms with E-state index in [-0.39, 0.29) is 0 Å². The van der Waals surface area contributed by atoms with E-state index in [0.717, 1.165) is 31.3 Å². The van der Waals surface area contributed by atoms with Gasteiger partial charge in [0.1, 0.15) is 0 Å². The summed E-state index contributed by atoms with van der Waals surface area (Å²) in [7, 11) is 0. The fourth-order valence-corrected chi connectivity index (χ4v) is 3.74. The van der Waals surface area contributed by atoms with Crippen LogP contribution in [-0.4, -0.2) is 24.4 Å². The van der Waals surface area contributed by atoms with E-state index in [1.54, 1.807) is 0 Å². The van der Waals surface area contributed by atoms with Crippen LogP contribution in [0.4, 0.5) is 0 Å². The number of hydrogen-bond acceptors (Lipinski definition) is 1. The van der Waals surface area contributed by atoms with Crippen molar-refractivity contribution in [3.63, 3.8) is 0 Å². The van der Waals surface area contributed by atoms with Crippen LogP contribution in [0.3, 0.4) is 0 Å². The highest BCUT2D eigenvalue weighted by molar-refractivity contribution is 5.47. The standard InChI is InChI=1S/C16H29NO/c18-14-17(13-16-10-6-3-7-11-16)12-15-8-4-1-2-5-9-15/h14-16H,1-13H2. The third-order valence-corrected chi connectivity index (χ3v) is 4.83. The van der Waals surface area contributed by atoms with E-state index in [2.05, 4.69) is 4.90 Å². The molecule has 0 heterocycles. The van der Waals surface area contributed by atoms with Crippen molar-refractivity contribution in [3.8, 4) is 0 Å². The quantitative estimate of drug-likeness (QED) is 0.534. The van der Waals surface area contributed by atoms with Gasteiger partial charge in [0.2, 0.25) is 6.41 Å². The molecular weight excluding hydrogens is 222 g/mol. The smallest absolute Gasteiger partial charge is 0.209 e. The van der Waals surface area contributed by atoms with Gasteiger partial charge in [-0.1, -0.05) is 44.9 Å². The van der Waals surface area contributed by atoms with Crippen LogP contribution in [0.2, 0.25) is 0 Å². The lowest BCUT2D eigenvalue weighted by Crippen LogP contribution is -2.33. The largest absolute Gasteiger partial charge is 0.345 e. The summed E-state index contributed by atoms with van der Waals surface area (Å²) >= 11 is 0. The maximum absolute atomic E-state index is 11.3. The molecule has 0 aromatic heterocycles. The zero-order chi connectivity index (χ0) is 12.6. The van der Waals surface area contributed by atoms with Crippen LogP contribution in [0, 0.1) is 11.8 Å². The molecule has 2 heteroatoms. The maximum atomic E-state index is 11.3. The van der Waals surface area contributed by atoms with Crippen LogP contribution in [0.15, 0.2) is 0 Å². The molecule has 104 valence electrons. The second-order valence-corrected chi connectivity index (χ2v) is 6.42. The molecule has 0 radical (unpaired) electrons. The number of carbonyl (C=O) groups is 1. The summed E-state index contributed by atoms with van der Waals surface area (Å²) in [6.45, 7) is 2.06. The van der Waals surface area contributed by atoms with Crippen LogP contribution >= 0.6 is 0 Å². The Bertz CT molecular complexity index is 227. The molecule has 0 aromatic carbocycles. The van der Waals surface area contributed by atoms with E-state index in [1.807, 2.05) is 0 Å². The molecule has 0 N–H and O–H groups in total. The number of rotatable bonds is 5. The molecule has 2 aliphatic carbocycles. The van der Waals surface area contributed by atoms with Gasteiger partial charge >= 0.3 is 0 Å². The lowest BCUT2D eigenvalue weighted by atomic mass is 9.88. The zero-order valence-electron chi connectivity index (χ0n) is 11.8. The average Bonchev–Trinajstić information content (AvgIpc) is 2.68. The van der Waals surface area contributed by atoms with Gasteiger partial charge in [-0.05, 0) is 37.5 Å². The van der Waals surface area contributed by atoms with Gasteiger partial charge in [0.05, 0.1) is 0 Å². The minimum atomic E-state index is 0.779. The monoisotopic (exact) mass is 251 g/mol. The Morgan fingerprint density at radius 3 is 1.50 bits per heavy atom. The number of hydrogen-bond donors (Lipinski definition) is 0. The predicted octanol–water partition coefficient (Wildman–Crippen LogP) is 4.00. The lowest BCUT2D eigenvalue weighted by molar-refractivity contribution is -0.119. The molecule has 0 saturated heterocycles. The highest BCUT2D eigenvalue weighted by Crippen LogP contribution is 2.26. The topological polar surface area (TPSA) is 20.3 Å². The molecule has 0 aromatic rings. The fourth-order valence-electron chi connectivity index (χ4n) is 3.74. The molecule has 2 nitrogen and oxygen atoms in total. The molecule has 0 bridgehead atoms. The molecule has 2 rings (SSSR count). The Balaban J connectivity index is 1.74. The van der Waals surface area contributed by atoms with Crippen molar-refractivity contribution in [2.24, 2.45) is 11.8 Å². The van der Waals surface area contributed by atoms with Crippen LogP contribution in [0.25, 0.3) is 0 Å². The molecule has 2 saturated carbocycles. The van der Waals surface area contributed by atoms with E-state index in [0.29, 0.717) is 0 Å². The molecule has 18 heavy (non-hydrogen) atoms. The van der Waals surface area contributed by atoms with E-state index in [1.165, 1.54) is 70.6 Å². The molecule has 0 atom stereocenters. The van der Waals surface area contributed by atoms with Gasteiger partial charge in [-0.15, -0.1) is 0 Å². The van der Waals surface area contributed by atoms with Gasteiger partial charge < -0.3 is 4.90 Å². The van der Waals surface area contributed by atoms with Gasteiger partial charge in [0.15, 0.2) is 0 Å². The Labute approximate surface area is 112 Å². The van der Waals surface area contributed by atoms with Gasteiger partial charge in [0.25, 0.3) is 0 Å². The van der Waals surface area contributed by atoms with Gasteiger partial charge in [-0.3, -0.25) is 4.79 Å². The van der Waals surface area contributed by atoms with Crippen LogP contribution < -0.4 is 0 Å². The first-order valence-electron chi connectivity index (χ1n) is 8.08. The van der Waals surface area contributed by atoms with Crippen molar-refractivity contribution in [3.05, 3.63) is 0 Å². The fraction of sp³-hybridized carbons (Fsp3) is 0.938. The summed E-state index contributed by atoms with van der Waals surface area (Å²) in [5.41, 5.74) is 0. The lowest BCUT2D eigenvalue weighted by Gasteiger charge is -2.29. The first-order chi connectivity index (χ1) is 8.88. The Morgan fingerprint density at radius 2 is 1.11 bits per heavy atom. The second-order valence-electron chi connectivity index (χ2n) is 6.42. The minimum absolute atomic E-state index is 0.779. The van der Waals surface area contributed by atoms with Crippen LogP contribution in [0.5, 0.6) is 0 Å². The highest BCUT2D eigenvalue weighted by atomic mass is 16.1. The van der Waals surface area contributed by atoms with Gasteiger partial charge in [-0.25, -0.2) is 0 Å². The Hall–Kier alpha value is -0.530. The van der Waals surface area contributed by atoms with Crippen molar-refractivity contribution in [2.75, 3.05) is 13.1 Å². The van der Waals surface area contributed by atoms with Crippen LogP contribution in [0.1, 0.15) is 70.6 Å². The molecule has 2 aliphatic rings. The third-order valence-electron chi connectivity index (χ3n) is 4.83. The predicted molar refractivity (Wildman–Crippen MR) is 75.4 cm³/mol. The van der Waals surface area contributed by atoms with E-state index in [4.69, 9.17) is 0 Å². The summed E-state index contributed by atoms with van der Waals surface area (Å²) in [6, 6.07) is 0. The maximum Gasteiger partial charge on any atom is 0.209 e. The second kappa shape index (κ2) is 7.81. The van der Waals surface area contributed by atoms with Gasteiger partial charge in [0, 0.05) is 13.1 Å². The molecule has 2 fully saturated rings. The van der Waals surface area contributed by atoms with Crippen LogP contribution in [-0.2, 0) is 4.79 Å². The van der Waals surface area contributed by atoms with E-state index in [9.17, 15) is 4.79 Å². The van der Waals surface area contributed by atoms with Crippen molar-refractivity contribution >= 4 is 6.41 Å². The summed E-state index contributed by atoms with van der Waals surface area (Å²) in [5, 5.41) is 0. The molecule has 0 spiro atoms. The molecule has 0 unspecified atom stereocenters. The number of nitrogens with zero attached hydrogens (tertiary/aromatic N) is 1. The molecule has 1 amide bonds. The van der Waals surface area contributed by atoms with Crippen molar-refractivity contribution < 1.29 is 4.79 Å². The average molecular weight is 251 g/mol. The first kappa shape index (κ1) is 13.9. The van der Waals surface area contributed by atoms with Crippen molar-refractivity contribution in [2.45, 2.75) is 70.6 Å². The summed E-state index contributed by atoms with van der Waals surface area (Å²) < 4.78 is 0. The number of amides is 1. The minimum Gasteiger partial charge on any atom is -0.345 e. The normalized spacial score (nSPS) is 23.6. The zero-order valence-corrected chi connectivity index (χ0v) is 11.8. The van der Waals surface area contributed by atoms with E-state index >= 15 is 0 Å². The summed E-state index contributed by atoms with van der Waals surface area (Å²) in [4.78, 5) is 13.4. The summed E-state index contributed by atoms with van der Waals surface area (Å²) in [6.07, 6.45) is 16.2. The third kappa shape index (κ3) is 4.62. The number of carbonyl (C=O) groups excluding carboxylic acids is 1. The van der Waals surface area contributed by atoms with E-state index < -0.39 is 0 Å². The van der Waals surface area contributed by atoms with Gasteiger partial charge in [-0.2, -0.15) is 0 Å². The van der Waals surface area contributed by atoms with Crippen molar-refractivity contribution in [1.82, 2.24) is 4.90 Å².